The fourth-order valence-electron chi connectivity index (χ4n) is 3.36. The van der Waals surface area contributed by atoms with Crippen LogP contribution in [0.5, 0.6) is 0 Å². The van der Waals surface area contributed by atoms with Crippen LogP contribution in [0.2, 0.25) is 0 Å². The molecule has 1 fully saturated rings. The van der Waals surface area contributed by atoms with Crippen LogP contribution in [0.3, 0.4) is 0 Å². The highest BCUT2D eigenvalue weighted by molar-refractivity contribution is 6.39. The monoisotopic (exact) mass is 349 g/mol. The molecule has 0 aliphatic carbocycles. The molecule has 1 saturated heterocycles. The van der Waals surface area contributed by atoms with Crippen molar-refractivity contribution in [2.75, 3.05) is 13.1 Å². The van der Waals surface area contributed by atoms with Gasteiger partial charge >= 0.3 is 0 Å². The highest BCUT2D eigenvalue weighted by Gasteiger charge is 2.28. The topological polar surface area (TPSA) is 61.8 Å². The molecule has 2 aliphatic rings. The van der Waals surface area contributed by atoms with Gasteiger partial charge in [0.15, 0.2) is 11.6 Å². The molecule has 134 valence electrons. The Balaban J connectivity index is 1.54. The largest absolute Gasteiger partial charge is 0.337 e. The van der Waals surface area contributed by atoms with E-state index in [0.29, 0.717) is 37.6 Å². The lowest BCUT2D eigenvalue weighted by Gasteiger charge is -2.33. The lowest BCUT2D eigenvalue weighted by molar-refractivity contribution is -0.126. The Bertz CT molecular complexity index is 706. The van der Waals surface area contributed by atoms with Crippen LogP contribution in [0.15, 0.2) is 23.3 Å². The predicted octanol–water partition coefficient (Wildman–Crippen LogP) is 2.40. The summed E-state index contributed by atoms with van der Waals surface area (Å²) in [6.07, 6.45) is 4.06. The van der Waals surface area contributed by atoms with Gasteiger partial charge in [-0.05, 0) is 49.3 Å². The second kappa shape index (κ2) is 7.72. The van der Waals surface area contributed by atoms with Gasteiger partial charge in [-0.1, -0.05) is 6.07 Å². The van der Waals surface area contributed by atoms with Crippen LogP contribution in [0.4, 0.5) is 8.78 Å². The first-order valence-electron chi connectivity index (χ1n) is 8.61. The van der Waals surface area contributed by atoms with Crippen LogP contribution < -0.4 is 5.43 Å². The number of benzene rings is 1. The molecule has 1 atom stereocenters. The minimum Gasteiger partial charge on any atom is -0.337 e. The zero-order valence-electron chi connectivity index (χ0n) is 13.9. The van der Waals surface area contributed by atoms with E-state index in [2.05, 4.69) is 10.5 Å². The van der Waals surface area contributed by atoms with Crippen LogP contribution in [0.25, 0.3) is 0 Å². The molecule has 5 nitrogen and oxygen atoms in total. The normalized spacial score (nSPS) is 20.9. The maximum absolute atomic E-state index is 13.3. The summed E-state index contributed by atoms with van der Waals surface area (Å²) in [6.45, 7) is 1.32. The summed E-state index contributed by atoms with van der Waals surface area (Å²) in [5.74, 6) is -1.62. The van der Waals surface area contributed by atoms with Crippen LogP contribution in [-0.2, 0) is 16.0 Å². The third-order valence-electron chi connectivity index (χ3n) is 4.78. The van der Waals surface area contributed by atoms with Gasteiger partial charge in [0.2, 0.25) is 5.91 Å². The number of rotatable bonds is 4. The zero-order chi connectivity index (χ0) is 17.8. The Kier molecular flexibility index (Phi) is 5.40. The fourth-order valence-corrected chi connectivity index (χ4v) is 3.36. The molecule has 0 aromatic heterocycles. The van der Waals surface area contributed by atoms with Gasteiger partial charge < -0.3 is 4.90 Å². The summed E-state index contributed by atoms with van der Waals surface area (Å²) >= 11 is 0. The first kappa shape index (κ1) is 17.5. The molecule has 1 aromatic carbocycles. The molecule has 1 N–H and O–H groups in total. The van der Waals surface area contributed by atoms with Crippen molar-refractivity contribution < 1.29 is 18.4 Å². The van der Waals surface area contributed by atoms with Crippen LogP contribution in [0, 0.1) is 17.6 Å². The van der Waals surface area contributed by atoms with E-state index in [0.717, 1.165) is 30.9 Å². The third-order valence-corrected chi connectivity index (χ3v) is 4.78. The summed E-state index contributed by atoms with van der Waals surface area (Å²) in [5, 5.41) is 3.87. The van der Waals surface area contributed by atoms with Gasteiger partial charge in [-0.2, -0.15) is 5.10 Å². The average molecular weight is 349 g/mol. The second-order valence-electron chi connectivity index (χ2n) is 6.64. The number of hydrazone groups is 1. The summed E-state index contributed by atoms with van der Waals surface area (Å²) < 4.78 is 26.3. The standard InChI is InChI=1S/C18H21F2N3O2/c19-14-6-5-12(10-15(14)20)3-4-13-2-1-9-23(11-13)18(25)16-7-8-17(24)22-21-16/h5-6,10,13H,1-4,7-9,11H2,(H,22,24). The van der Waals surface area contributed by atoms with Gasteiger partial charge in [0.05, 0.1) is 0 Å². The van der Waals surface area contributed by atoms with Crippen molar-refractivity contribution in [1.29, 1.82) is 0 Å². The lowest BCUT2D eigenvalue weighted by atomic mass is 9.91. The number of carbonyl (C=O) groups is 2. The van der Waals surface area contributed by atoms with E-state index in [1.54, 1.807) is 11.0 Å². The van der Waals surface area contributed by atoms with E-state index in [1.165, 1.54) is 6.07 Å². The van der Waals surface area contributed by atoms with Gasteiger partial charge in [0.1, 0.15) is 5.71 Å². The number of hydrogen-bond acceptors (Lipinski definition) is 3. The number of carbonyl (C=O) groups excluding carboxylic acids is 2. The molecule has 0 saturated carbocycles. The number of nitrogens with zero attached hydrogens (tertiary/aromatic N) is 2. The number of halogens is 2. The maximum Gasteiger partial charge on any atom is 0.270 e. The van der Waals surface area contributed by atoms with Gasteiger partial charge in [-0.25, -0.2) is 14.2 Å². The number of hydrogen-bond donors (Lipinski definition) is 1. The number of amides is 2. The quantitative estimate of drug-likeness (QED) is 0.907. The number of likely N-dealkylation sites (tertiary alicyclic amines) is 1. The van der Waals surface area contributed by atoms with Crippen molar-refractivity contribution in [3.63, 3.8) is 0 Å². The Hall–Kier alpha value is -2.31. The van der Waals surface area contributed by atoms with Crippen molar-refractivity contribution in [1.82, 2.24) is 10.3 Å². The van der Waals surface area contributed by atoms with Gasteiger partial charge in [0, 0.05) is 25.9 Å². The molecule has 1 aromatic rings. The molecule has 1 unspecified atom stereocenters. The molecule has 25 heavy (non-hydrogen) atoms. The molecule has 2 heterocycles. The van der Waals surface area contributed by atoms with Crippen molar-refractivity contribution in [3.8, 4) is 0 Å². The third kappa shape index (κ3) is 4.41. The SMILES string of the molecule is O=C1CCC(C(=O)N2CCCC(CCc3ccc(F)c(F)c3)C2)=NN1. The molecule has 0 bridgehead atoms. The molecule has 2 amide bonds. The van der Waals surface area contributed by atoms with E-state index in [4.69, 9.17) is 0 Å². The molecular formula is C18H21F2N3O2. The van der Waals surface area contributed by atoms with Crippen molar-refractivity contribution in [3.05, 3.63) is 35.4 Å². The summed E-state index contributed by atoms with van der Waals surface area (Å²) in [4.78, 5) is 25.4. The van der Waals surface area contributed by atoms with Crippen LogP contribution >= 0.6 is 0 Å². The summed E-state index contributed by atoms with van der Waals surface area (Å²) in [5.41, 5.74) is 3.52. The van der Waals surface area contributed by atoms with E-state index in [9.17, 15) is 18.4 Å². The second-order valence-corrected chi connectivity index (χ2v) is 6.64. The van der Waals surface area contributed by atoms with E-state index in [1.807, 2.05) is 0 Å². The molecule has 7 heteroatoms. The fraction of sp³-hybridized carbons (Fsp3) is 0.500. The van der Waals surface area contributed by atoms with E-state index >= 15 is 0 Å². The van der Waals surface area contributed by atoms with Gasteiger partial charge in [0.25, 0.3) is 5.91 Å². The van der Waals surface area contributed by atoms with Crippen LogP contribution in [-0.4, -0.2) is 35.5 Å². The number of piperidine rings is 1. The zero-order valence-corrected chi connectivity index (χ0v) is 13.9. The van der Waals surface area contributed by atoms with Crippen molar-refractivity contribution in [2.45, 2.75) is 38.5 Å². The van der Waals surface area contributed by atoms with Gasteiger partial charge in [-0.3, -0.25) is 9.59 Å². The summed E-state index contributed by atoms with van der Waals surface area (Å²) in [7, 11) is 0. The average Bonchev–Trinajstić information content (AvgIpc) is 2.63. The van der Waals surface area contributed by atoms with E-state index < -0.39 is 11.6 Å². The Morgan fingerprint density at radius 2 is 2.12 bits per heavy atom. The maximum atomic E-state index is 13.3. The summed E-state index contributed by atoms with van der Waals surface area (Å²) in [6, 6.07) is 3.99. The molecule has 3 rings (SSSR count). The molecule has 0 spiro atoms. The van der Waals surface area contributed by atoms with Crippen molar-refractivity contribution >= 4 is 17.5 Å². The minimum absolute atomic E-state index is 0.113. The van der Waals surface area contributed by atoms with Crippen LogP contribution in [0.1, 0.15) is 37.7 Å². The molecule has 0 radical (unpaired) electrons. The first-order valence-corrected chi connectivity index (χ1v) is 8.61. The van der Waals surface area contributed by atoms with Gasteiger partial charge in [-0.15, -0.1) is 0 Å². The molecular weight excluding hydrogens is 328 g/mol. The highest BCUT2D eigenvalue weighted by atomic mass is 19.2. The molecule has 2 aliphatic heterocycles. The minimum atomic E-state index is -0.835. The Morgan fingerprint density at radius 1 is 1.28 bits per heavy atom. The smallest absolute Gasteiger partial charge is 0.270 e. The predicted molar refractivity (Wildman–Crippen MR) is 88.8 cm³/mol. The Labute approximate surface area is 145 Å². The number of aryl methyl sites for hydroxylation is 1. The highest BCUT2D eigenvalue weighted by Crippen LogP contribution is 2.23. The van der Waals surface area contributed by atoms with Crippen molar-refractivity contribution in [2.24, 2.45) is 11.0 Å². The lowest BCUT2D eigenvalue weighted by Crippen LogP contribution is -2.45. The van der Waals surface area contributed by atoms with E-state index in [-0.39, 0.29) is 18.2 Å². The number of nitrogens with one attached hydrogen (secondary N) is 1. The Morgan fingerprint density at radius 3 is 2.84 bits per heavy atom. The first-order chi connectivity index (χ1) is 12.0.